The third-order valence-corrected chi connectivity index (χ3v) is 5.83. The molecule has 1 atom stereocenters. The van der Waals surface area contributed by atoms with Gasteiger partial charge in [0.2, 0.25) is 5.13 Å². The number of fused-ring (bicyclic) bond motifs is 1. The molecular weight excluding hydrogens is 314 g/mol. The van der Waals surface area contributed by atoms with Crippen LogP contribution in [-0.4, -0.2) is 16.1 Å². The fraction of sp³-hybridized carbons (Fsp3) is 0.562. The number of nitrogens with zero attached hydrogens (tertiary/aromatic N) is 2. The number of thiophene rings is 1. The average Bonchev–Trinajstić information content (AvgIpc) is 3.04. The summed E-state index contributed by atoms with van der Waals surface area (Å²) in [6, 6.07) is 0. The van der Waals surface area contributed by atoms with E-state index < -0.39 is 0 Å². The Morgan fingerprint density at radius 1 is 1.45 bits per heavy atom. The second kappa shape index (κ2) is 6.46. The molecule has 1 N–H and O–H groups in total. The van der Waals surface area contributed by atoms with Crippen molar-refractivity contribution in [3.8, 4) is 0 Å². The van der Waals surface area contributed by atoms with Gasteiger partial charge in [-0.25, -0.2) is 0 Å². The van der Waals surface area contributed by atoms with Crippen molar-refractivity contribution in [2.75, 3.05) is 5.32 Å². The third kappa shape index (κ3) is 3.38. The van der Waals surface area contributed by atoms with Gasteiger partial charge in [0.25, 0.3) is 5.91 Å². The minimum Gasteiger partial charge on any atom is -0.296 e. The second-order valence-electron chi connectivity index (χ2n) is 6.45. The lowest BCUT2D eigenvalue weighted by Gasteiger charge is -2.18. The van der Waals surface area contributed by atoms with Gasteiger partial charge in [0.05, 0.1) is 5.56 Å². The molecule has 0 saturated heterocycles. The van der Waals surface area contributed by atoms with Gasteiger partial charge in [-0.3, -0.25) is 10.1 Å². The fourth-order valence-electron chi connectivity index (χ4n) is 2.77. The summed E-state index contributed by atoms with van der Waals surface area (Å²) in [5.41, 5.74) is 2.07. The molecule has 22 heavy (non-hydrogen) atoms. The Bertz CT molecular complexity index is 675. The maximum Gasteiger partial charge on any atom is 0.258 e. The minimum absolute atomic E-state index is 0.0423. The van der Waals surface area contributed by atoms with Crippen LogP contribution in [0.25, 0.3) is 0 Å². The van der Waals surface area contributed by atoms with Crippen molar-refractivity contribution in [3.05, 3.63) is 26.4 Å². The monoisotopic (exact) mass is 335 g/mol. The second-order valence-corrected chi connectivity index (χ2v) is 8.48. The first-order valence-electron chi connectivity index (χ1n) is 7.76. The Morgan fingerprint density at radius 3 is 3.05 bits per heavy atom. The van der Waals surface area contributed by atoms with Crippen LogP contribution in [0.3, 0.4) is 0 Å². The largest absolute Gasteiger partial charge is 0.296 e. The molecule has 2 aromatic rings. The quantitative estimate of drug-likeness (QED) is 0.912. The number of rotatable bonds is 4. The first kappa shape index (κ1) is 15.6. The van der Waals surface area contributed by atoms with Crippen LogP contribution in [0.4, 0.5) is 5.13 Å². The molecule has 1 aliphatic carbocycles. The van der Waals surface area contributed by atoms with E-state index >= 15 is 0 Å². The molecule has 0 saturated carbocycles. The molecule has 1 unspecified atom stereocenters. The van der Waals surface area contributed by atoms with Crippen molar-refractivity contribution in [1.29, 1.82) is 0 Å². The molecule has 0 aliphatic heterocycles. The molecule has 4 nitrogen and oxygen atoms in total. The molecule has 6 heteroatoms. The van der Waals surface area contributed by atoms with Gasteiger partial charge in [-0.15, -0.1) is 21.5 Å². The van der Waals surface area contributed by atoms with Gasteiger partial charge in [-0.1, -0.05) is 32.1 Å². The minimum atomic E-state index is -0.0423. The predicted octanol–water partition coefficient (Wildman–Crippen LogP) is 4.18. The van der Waals surface area contributed by atoms with Gasteiger partial charge in [-0.05, 0) is 36.7 Å². The van der Waals surface area contributed by atoms with Crippen LogP contribution in [-0.2, 0) is 19.3 Å². The Kier molecular flexibility index (Phi) is 4.59. The SMILES string of the molecule is CC(C)Cc1nnc(NC(=O)c2csc3c2CCC(C)C3)s1. The lowest BCUT2D eigenvalue weighted by molar-refractivity contribution is 0.102. The molecule has 0 radical (unpaired) electrons. The zero-order chi connectivity index (χ0) is 15.7. The van der Waals surface area contributed by atoms with Crippen LogP contribution in [0.2, 0.25) is 0 Å². The fourth-order valence-corrected chi connectivity index (χ4v) is 4.96. The average molecular weight is 335 g/mol. The van der Waals surface area contributed by atoms with E-state index in [0.29, 0.717) is 11.0 Å². The molecule has 0 spiro atoms. The molecule has 0 aromatic carbocycles. The van der Waals surface area contributed by atoms with Gasteiger partial charge in [0.1, 0.15) is 5.01 Å². The van der Waals surface area contributed by atoms with Gasteiger partial charge in [0, 0.05) is 16.7 Å². The number of aromatic nitrogens is 2. The summed E-state index contributed by atoms with van der Waals surface area (Å²) in [5, 5.41) is 14.7. The van der Waals surface area contributed by atoms with E-state index in [1.54, 1.807) is 11.3 Å². The Morgan fingerprint density at radius 2 is 2.27 bits per heavy atom. The van der Waals surface area contributed by atoms with Gasteiger partial charge < -0.3 is 0 Å². The van der Waals surface area contributed by atoms with Gasteiger partial charge >= 0.3 is 0 Å². The molecule has 2 heterocycles. The zero-order valence-electron chi connectivity index (χ0n) is 13.2. The first-order valence-corrected chi connectivity index (χ1v) is 9.45. The summed E-state index contributed by atoms with van der Waals surface area (Å²) in [7, 11) is 0. The van der Waals surface area contributed by atoms with Gasteiger partial charge in [0.15, 0.2) is 0 Å². The molecule has 0 fully saturated rings. The van der Waals surface area contributed by atoms with Crippen molar-refractivity contribution >= 4 is 33.7 Å². The highest BCUT2D eigenvalue weighted by molar-refractivity contribution is 7.15. The highest BCUT2D eigenvalue weighted by Gasteiger charge is 2.23. The normalized spacial score (nSPS) is 17.5. The number of anilines is 1. The smallest absolute Gasteiger partial charge is 0.258 e. The summed E-state index contributed by atoms with van der Waals surface area (Å²) < 4.78 is 0. The van der Waals surface area contributed by atoms with Crippen LogP contribution >= 0.6 is 22.7 Å². The Labute approximate surface area is 139 Å². The highest BCUT2D eigenvalue weighted by Crippen LogP contribution is 2.33. The lowest BCUT2D eigenvalue weighted by Crippen LogP contribution is -2.16. The molecular formula is C16H21N3OS2. The summed E-state index contributed by atoms with van der Waals surface area (Å²) in [6.07, 6.45) is 4.18. The number of carbonyl (C=O) groups excluding carboxylic acids is 1. The van der Waals surface area contributed by atoms with E-state index in [0.717, 1.165) is 35.8 Å². The van der Waals surface area contributed by atoms with Crippen molar-refractivity contribution in [2.45, 2.75) is 46.5 Å². The van der Waals surface area contributed by atoms with E-state index in [4.69, 9.17) is 0 Å². The van der Waals surface area contributed by atoms with Crippen LogP contribution in [0.15, 0.2) is 5.38 Å². The van der Waals surface area contributed by atoms with Crippen molar-refractivity contribution in [1.82, 2.24) is 10.2 Å². The van der Waals surface area contributed by atoms with E-state index in [1.807, 2.05) is 5.38 Å². The van der Waals surface area contributed by atoms with Crippen molar-refractivity contribution in [3.63, 3.8) is 0 Å². The number of hydrogen-bond donors (Lipinski definition) is 1. The Hall–Kier alpha value is -1.27. The standard InChI is InChI=1S/C16H21N3OS2/c1-9(2)6-14-18-19-16(22-14)17-15(20)12-8-21-13-7-10(3)4-5-11(12)13/h8-10H,4-7H2,1-3H3,(H,17,19,20). The number of nitrogens with one attached hydrogen (secondary N) is 1. The van der Waals surface area contributed by atoms with Crippen molar-refractivity contribution < 1.29 is 4.79 Å². The van der Waals surface area contributed by atoms with E-state index in [1.165, 1.54) is 28.2 Å². The van der Waals surface area contributed by atoms with Crippen LogP contribution < -0.4 is 5.32 Å². The summed E-state index contributed by atoms with van der Waals surface area (Å²) in [6.45, 7) is 6.58. The highest BCUT2D eigenvalue weighted by atomic mass is 32.1. The molecule has 2 aromatic heterocycles. The summed E-state index contributed by atoms with van der Waals surface area (Å²) in [5.74, 6) is 1.23. The molecule has 1 aliphatic rings. The topological polar surface area (TPSA) is 54.9 Å². The predicted molar refractivity (Wildman–Crippen MR) is 91.9 cm³/mol. The van der Waals surface area contributed by atoms with Gasteiger partial charge in [-0.2, -0.15) is 0 Å². The van der Waals surface area contributed by atoms with E-state index in [2.05, 4.69) is 36.3 Å². The van der Waals surface area contributed by atoms with E-state index in [-0.39, 0.29) is 5.91 Å². The van der Waals surface area contributed by atoms with Crippen LogP contribution in [0.5, 0.6) is 0 Å². The molecule has 0 bridgehead atoms. The lowest BCUT2D eigenvalue weighted by atomic mass is 9.88. The first-order chi connectivity index (χ1) is 10.5. The molecule has 3 rings (SSSR count). The molecule has 118 valence electrons. The maximum atomic E-state index is 12.5. The maximum absolute atomic E-state index is 12.5. The third-order valence-electron chi connectivity index (χ3n) is 3.92. The summed E-state index contributed by atoms with van der Waals surface area (Å²) in [4.78, 5) is 13.9. The number of hydrogen-bond acceptors (Lipinski definition) is 5. The zero-order valence-corrected chi connectivity index (χ0v) is 14.8. The number of carbonyl (C=O) groups is 1. The summed E-state index contributed by atoms with van der Waals surface area (Å²) >= 11 is 3.19. The Balaban J connectivity index is 1.71. The van der Waals surface area contributed by atoms with Crippen LogP contribution in [0.1, 0.15) is 53.0 Å². The van der Waals surface area contributed by atoms with Crippen molar-refractivity contribution in [2.24, 2.45) is 11.8 Å². The van der Waals surface area contributed by atoms with E-state index in [9.17, 15) is 4.79 Å². The molecule has 1 amide bonds. The number of amides is 1. The van der Waals surface area contributed by atoms with Crippen LogP contribution in [0, 0.1) is 11.8 Å².